The van der Waals surface area contributed by atoms with Crippen LogP contribution < -0.4 is 5.32 Å². The van der Waals surface area contributed by atoms with Gasteiger partial charge in [-0.15, -0.1) is 0 Å². The minimum absolute atomic E-state index is 0.0687. The van der Waals surface area contributed by atoms with Crippen LogP contribution in [-0.2, 0) is 0 Å². The summed E-state index contributed by atoms with van der Waals surface area (Å²) in [4.78, 5) is 3.93. The zero-order valence-electron chi connectivity index (χ0n) is 8.23. The Bertz CT molecular complexity index is 444. The lowest BCUT2D eigenvalue weighted by Gasteiger charge is -1.97. The van der Waals surface area contributed by atoms with Crippen LogP contribution in [0.2, 0.25) is 0 Å². The van der Waals surface area contributed by atoms with Crippen molar-refractivity contribution in [2.75, 3.05) is 11.9 Å². The number of hydrogen-bond donors (Lipinski definition) is 1. The Kier molecular flexibility index (Phi) is 3.09. The Hall–Kier alpha value is -1.98. The average Bonchev–Trinajstić information content (AvgIpc) is 2.76. The van der Waals surface area contributed by atoms with Crippen LogP contribution in [0.4, 0.5) is 14.7 Å². The Labute approximate surface area is 90.3 Å². The molecule has 0 saturated carbocycles. The van der Waals surface area contributed by atoms with E-state index in [0.717, 1.165) is 5.56 Å². The standard InChI is InChI=1S/C10H9F2N3O/c11-8(12)6-13-10-14-9(16-15-10)7-4-2-1-3-5-7/h1-5,8H,6H2,(H,13,15). The highest BCUT2D eigenvalue weighted by Gasteiger charge is 2.09. The van der Waals surface area contributed by atoms with Crippen LogP contribution in [0, 0.1) is 0 Å². The van der Waals surface area contributed by atoms with E-state index in [2.05, 4.69) is 15.5 Å². The van der Waals surface area contributed by atoms with Gasteiger partial charge < -0.3 is 9.84 Å². The van der Waals surface area contributed by atoms with E-state index < -0.39 is 13.0 Å². The normalized spacial score (nSPS) is 10.7. The predicted molar refractivity (Wildman–Crippen MR) is 54.2 cm³/mol. The van der Waals surface area contributed by atoms with Crippen molar-refractivity contribution in [1.82, 2.24) is 10.1 Å². The highest BCUT2D eigenvalue weighted by molar-refractivity contribution is 5.53. The van der Waals surface area contributed by atoms with Crippen molar-refractivity contribution in [3.8, 4) is 11.5 Å². The van der Waals surface area contributed by atoms with Gasteiger partial charge in [-0.2, -0.15) is 4.98 Å². The van der Waals surface area contributed by atoms with E-state index >= 15 is 0 Å². The molecular formula is C10H9F2N3O. The molecule has 2 aromatic rings. The van der Waals surface area contributed by atoms with Crippen molar-refractivity contribution in [1.29, 1.82) is 0 Å². The summed E-state index contributed by atoms with van der Waals surface area (Å²) in [7, 11) is 0. The lowest BCUT2D eigenvalue weighted by molar-refractivity contribution is 0.163. The van der Waals surface area contributed by atoms with E-state index in [9.17, 15) is 8.78 Å². The largest absolute Gasteiger partial charge is 0.346 e. The van der Waals surface area contributed by atoms with Gasteiger partial charge in [0.05, 0.1) is 6.54 Å². The zero-order chi connectivity index (χ0) is 11.4. The molecule has 84 valence electrons. The maximum absolute atomic E-state index is 11.9. The lowest BCUT2D eigenvalue weighted by Crippen LogP contribution is -2.10. The number of halogens is 2. The maximum atomic E-state index is 11.9. The lowest BCUT2D eigenvalue weighted by atomic mass is 10.2. The van der Waals surface area contributed by atoms with Gasteiger partial charge in [0.15, 0.2) is 0 Å². The fourth-order valence-electron chi connectivity index (χ4n) is 1.16. The van der Waals surface area contributed by atoms with E-state index in [-0.39, 0.29) is 5.95 Å². The van der Waals surface area contributed by atoms with Crippen molar-refractivity contribution in [3.63, 3.8) is 0 Å². The van der Waals surface area contributed by atoms with Gasteiger partial charge >= 0.3 is 0 Å². The molecule has 0 fully saturated rings. The SMILES string of the molecule is FC(F)CNc1noc(-c2ccccc2)n1. The molecule has 0 bridgehead atoms. The summed E-state index contributed by atoms with van der Waals surface area (Å²) in [5.41, 5.74) is 0.750. The van der Waals surface area contributed by atoms with Crippen molar-refractivity contribution < 1.29 is 13.3 Å². The Morgan fingerprint density at radius 2 is 2.00 bits per heavy atom. The molecule has 2 rings (SSSR count). The summed E-state index contributed by atoms with van der Waals surface area (Å²) in [6.07, 6.45) is -2.45. The summed E-state index contributed by atoms with van der Waals surface area (Å²) >= 11 is 0. The first-order chi connectivity index (χ1) is 7.75. The molecule has 0 amide bonds. The topological polar surface area (TPSA) is 51.0 Å². The van der Waals surface area contributed by atoms with E-state index in [0.29, 0.717) is 5.89 Å². The first kappa shape index (κ1) is 10.5. The van der Waals surface area contributed by atoms with Crippen LogP contribution in [-0.4, -0.2) is 23.1 Å². The number of nitrogens with one attached hydrogen (secondary N) is 1. The highest BCUT2D eigenvalue weighted by atomic mass is 19.3. The van der Waals surface area contributed by atoms with Crippen LogP contribution in [0.3, 0.4) is 0 Å². The number of aromatic nitrogens is 2. The smallest absolute Gasteiger partial charge is 0.263 e. The number of nitrogens with zero attached hydrogens (tertiary/aromatic N) is 2. The molecule has 0 saturated heterocycles. The van der Waals surface area contributed by atoms with Gasteiger partial charge in [-0.3, -0.25) is 0 Å². The third-order valence-corrected chi connectivity index (χ3v) is 1.86. The Morgan fingerprint density at radius 3 is 2.69 bits per heavy atom. The van der Waals surface area contributed by atoms with Crippen LogP contribution in [0.15, 0.2) is 34.9 Å². The van der Waals surface area contributed by atoms with Gasteiger partial charge in [-0.1, -0.05) is 18.2 Å². The van der Waals surface area contributed by atoms with Crippen molar-refractivity contribution in [2.45, 2.75) is 6.43 Å². The predicted octanol–water partition coefficient (Wildman–Crippen LogP) is 2.41. The number of hydrogen-bond acceptors (Lipinski definition) is 4. The number of anilines is 1. The number of alkyl halides is 2. The maximum Gasteiger partial charge on any atom is 0.263 e. The molecule has 4 nitrogen and oxygen atoms in total. The minimum Gasteiger partial charge on any atom is -0.346 e. The third kappa shape index (κ3) is 2.53. The van der Waals surface area contributed by atoms with Crippen LogP contribution >= 0.6 is 0 Å². The minimum atomic E-state index is -2.45. The third-order valence-electron chi connectivity index (χ3n) is 1.86. The van der Waals surface area contributed by atoms with E-state index in [4.69, 9.17) is 4.52 Å². The second-order valence-electron chi connectivity index (χ2n) is 3.06. The molecule has 1 heterocycles. The Morgan fingerprint density at radius 1 is 1.25 bits per heavy atom. The molecule has 0 atom stereocenters. The first-order valence-electron chi connectivity index (χ1n) is 4.67. The van der Waals surface area contributed by atoms with Crippen LogP contribution in [0.5, 0.6) is 0 Å². The van der Waals surface area contributed by atoms with Gasteiger partial charge in [-0.25, -0.2) is 8.78 Å². The highest BCUT2D eigenvalue weighted by Crippen LogP contribution is 2.17. The van der Waals surface area contributed by atoms with Crippen LogP contribution in [0.1, 0.15) is 0 Å². The first-order valence-corrected chi connectivity index (χ1v) is 4.67. The molecule has 16 heavy (non-hydrogen) atoms. The molecular weight excluding hydrogens is 216 g/mol. The van der Waals surface area contributed by atoms with Gasteiger partial charge in [0.1, 0.15) is 0 Å². The summed E-state index contributed by atoms with van der Waals surface area (Å²) in [5, 5.41) is 5.90. The fourth-order valence-corrected chi connectivity index (χ4v) is 1.16. The number of rotatable bonds is 4. The molecule has 6 heteroatoms. The molecule has 1 aromatic heterocycles. The second-order valence-corrected chi connectivity index (χ2v) is 3.06. The molecule has 0 spiro atoms. The molecule has 0 aliphatic rings. The van der Waals surface area contributed by atoms with Crippen molar-refractivity contribution >= 4 is 5.95 Å². The summed E-state index contributed by atoms with van der Waals surface area (Å²) in [5.74, 6) is 0.372. The zero-order valence-corrected chi connectivity index (χ0v) is 8.23. The monoisotopic (exact) mass is 225 g/mol. The van der Waals surface area contributed by atoms with Gasteiger partial charge in [0.25, 0.3) is 18.3 Å². The quantitative estimate of drug-likeness (QED) is 0.868. The van der Waals surface area contributed by atoms with E-state index in [1.165, 1.54) is 0 Å². The van der Waals surface area contributed by atoms with Crippen molar-refractivity contribution in [2.24, 2.45) is 0 Å². The molecule has 1 aromatic carbocycles. The summed E-state index contributed by atoms with van der Waals surface area (Å²) in [6.45, 7) is -0.492. The number of benzene rings is 1. The molecule has 0 aliphatic carbocycles. The summed E-state index contributed by atoms with van der Waals surface area (Å²) in [6, 6.07) is 9.10. The van der Waals surface area contributed by atoms with E-state index in [1.807, 2.05) is 18.2 Å². The molecule has 0 aliphatic heterocycles. The molecule has 0 unspecified atom stereocenters. The van der Waals surface area contributed by atoms with Gasteiger partial charge in [0.2, 0.25) is 0 Å². The Balaban J connectivity index is 2.08. The van der Waals surface area contributed by atoms with Gasteiger partial charge in [0, 0.05) is 5.56 Å². The average molecular weight is 225 g/mol. The fraction of sp³-hybridized carbons (Fsp3) is 0.200. The molecule has 1 N–H and O–H groups in total. The van der Waals surface area contributed by atoms with Crippen LogP contribution in [0.25, 0.3) is 11.5 Å². The molecule has 0 radical (unpaired) electrons. The second kappa shape index (κ2) is 4.69. The van der Waals surface area contributed by atoms with Crippen molar-refractivity contribution in [3.05, 3.63) is 30.3 Å². The summed E-state index contributed by atoms with van der Waals surface area (Å²) < 4.78 is 28.7. The van der Waals surface area contributed by atoms with Gasteiger partial charge in [-0.05, 0) is 17.3 Å². The van der Waals surface area contributed by atoms with E-state index in [1.54, 1.807) is 12.1 Å².